The standard InChI is InChI=1S/C14H21NO2/c1-2-4-13(5-3-1)11-17-9-7-15-10-14-6-8-16-12-14/h1-5,14-15H,6-12H2. The third-order valence-electron chi connectivity index (χ3n) is 2.99. The van der Waals surface area contributed by atoms with Crippen molar-refractivity contribution in [3.8, 4) is 0 Å². The summed E-state index contributed by atoms with van der Waals surface area (Å²) in [5, 5.41) is 3.41. The van der Waals surface area contributed by atoms with Gasteiger partial charge < -0.3 is 14.8 Å². The molecular weight excluding hydrogens is 214 g/mol. The summed E-state index contributed by atoms with van der Waals surface area (Å²) in [7, 11) is 0. The number of hydrogen-bond donors (Lipinski definition) is 1. The highest BCUT2D eigenvalue weighted by atomic mass is 16.5. The van der Waals surface area contributed by atoms with Crippen molar-refractivity contribution < 1.29 is 9.47 Å². The van der Waals surface area contributed by atoms with Crippen LogP contribution in [0.4, 0.5) is 0 Å². The number of hydrogen-bond acceptors (Lipinski definition) is 3. The first-order valence-corrected chi connectivity index (χ1v) is 6.35. The van der Waals surface area contributed by atoms with Gasteiger partial charge in [-0.2, -0.15) is 0 Å². The Morgan fingerprint density at radius 2 is 2.18 bits per heavy atom. The molecule has 0 bridgehead atoms. The quantitative estimate of drug-likeness (QED) is 0.731. The predicted octanol–water partition coefficient (Wildman–Crippen LogP) is 1.83. The lowest BCUT2D eigenvalue weighted by atomic mass is 10.1. The summed E-state index contributed by atoms with van der Waals surface area (Å²) in [5.74, 6) is 0.698. The molecule has 1 aliphatic rings. The number of ether oxygens (including phenoxy) is 2. The van der Waals surface area contributed by atoms with E-state index in [0.717, 1.165) is 32.9 Å². The van der Waals surface area contributed by atoms with Crippen LogP contribution in [-0.4, -0.2) is 32.9 Å². The van der Waals surface area contributed by atoms with Gasteiger partial charge in [-0.25, -0.2) is 0 Å². The van der Waals surface area contributed by atoms with Crippen LogP contribution in [0.25, 0.3) is 0 Å². The largest absolute Gasteiger partial charge is 0.381 e. The van der Waals surface area contributed by atoms with Crippen LogP contribution in [0.1, 0.15) is 12.0 Å². The van der Waals surface area contributed by atoms with Crippen molar-refractivity contribution in [2.75, 3.05) is 32.9 Å². The van der Waals surface area contributed by atoms with Gasteiger partial charge in [0.25, 0.3) is 0 Å². The van der Waals surface area contributed by atoms with Gasteiger partial charge in [-0.05, 0) is 17.9 Å². The van der Waals surface area contributed by atoms with E-state index in [1.807, 2.05) is 18.2 Å². The second-order valence-electron chi connectivity index (χ2n) is 4.47. The number of nitrogens with one attached hydrogen (secondary N) is 1. The molecular formula is C14H21NO2. The van der Waals surface area contributed by atoms with Crippen molar-refractivity contribution in [3.63, 3.8) is 0 Å². The normalized spacial score (nSPS) is 19.6. The molecule has 17 heavy (non-hydrogen) atoms. The van der Waals surface area contributed by atoms with Gasteiger partial charge in [-0.3, -0.25) is 0 Å². The van der Waals surface area contributed by atoms with Crippen LogP contribution in [0.2, 0.25) is 0 Å². The Bertz CT molecular complexity index is 296. The Labute approximate surface area is 103 Å². The van der Waals surface area contributed by atoms with E-state index in [1.54, 1.807) is 0 Å². The summed E-state index contributed by atoms with van der Waals surface area (Å²) >= 11 is 0. The Kier molecular flexibility index (Phi) is 5.49. The lowest BCUT2D eigenvalue weighted by Crippen LogP contribution is -2.26. The van der Waals surface area contributed by atoms with E-state index in [4.69, 9.17) is 9.47 Å². The zero-order valence-electron chi connectivity index (χ0n) is 10.2. The molecule has 1 aromatic carbocycles. The molecule has 1 fully saturated rings. The monoisotopic (exact) mass is 235 g/mol. The van der Waals surface area contributed by atoms with Crippen molar-refractivity contribution in [2.45, 2.75) is 13.0 Å². The molecule has 0 radical (unpaired) electrons. The van der Waals surface area contributed by atoms with Gasteiger partial charge in [0.15, 0.2) is 0 Å². The SMILES string of the molecule is c1ccc(COCCNCC2CCOC2)cc1. The van der Waals surface area contributed by atoms with Crippen LogP contribution in [-0.2, 0) is 16.1 Å². The molecule has 1 aromatic rings. The molecule has 94 valence electrons. The van der Waals surface area contributed by atoms with E-state index in [2.05, 4.69) is 17.4 Å². The van der Waals surface area contributed by atoms with E-state index < -0.39 is 0 Å². The van der Waals surface area contributed by atoms with Crippen LogP contribution >= 0.6 is 0 Å². The van der Waals surface area contributed by atoms with Crippen LogP contribution in [0, 0.1) is 5.92 Å². The first kappa shape index (κ1) is 12.6. The summed E-state index contributed by atoms with van der Waals surface area (Å²) in [5.41, 5.74) is 1.23. The first-order chi connectivity index (χ1) is 8.45. The predicted molar refractivity (Wildman–Crippen MR) is 67.9 cm³/mol. The molecule has 0 aliphatic carbocycles. The molecule has 3 heteroatoms. The zero-order chi connectivity index (χ0) is 11.8. The highest BCUT2D eigenvalue weighted by Crippen LogP contribution is 2.10. The Morgan fingerprint density at radius 1 is 1.29 bits per heavy atom. The van der Waals surface area contributed by atoms with Gasteiger partial charge in [-0.15, -0.1) is 0 Å². The minimum Gasteiger partial charge on any atom is -0.381 e. The van der Waals surface area contributed by atoms with Crippen LogP contribution < -0.4 is 5.32 Å². The van der Waals surface area contributed by atoms with Gasteiger partial charge in [0, 0.05) is 19.7 Å². The molecule has 0 aromatic heterocycles. The third-order valence-corrected chi connectivity index (χ3v) is 2.99. The topological polar surface area (TPSA) is 30.5 Å². The number of rotatable bonds is 7. The molecule has 3 nitrogen and oxygen atoms in total. The smallest absolute Gasteiger partial charge is 0.0717 e. The average molecular weight is 235 g/mol. The van der Waals surface area contributed by atoms with E-state index in [-0.39, 0.29) is 0 Å². The van der Waals surface area contributed by atoms with Gasteiger partial charge in [-0.1, -0.05) is 30.3 Å². The molecule has 2 rings (SSSR count). The maximum Gasteiger partial charge on any atom is 0.0717 e. The lowest BCUT2D eigenvalue weighted by Gasteiger charge is -2.09. The van der Waals surface area contributed by atoms with Gasteiger partial charge in [0.1, 0.15) is 0 Å². The molecule has 1 atom stereocenters. The van der Waals surface area contributed by atoms with Gasteiger partial charge >= 0.3 is 0 Å². The minimum absolute atomic E-state index is 0.698. The molecule has 1 saturated heterocycles. The summed E-state index contributed by atoms with van der Waals surface area (Å²) < 4.78 is 10.9. The van der Waals surface area contributed by atoms with Crippen molar-refractivity contribution in [1.82, 2.24) is 5.32 Å². The molecule has 0 spiro atoms. The van der Waals surface area contributed by atoms with Crippen LogP contribution in [0.3, 0.4) is 0 Å². The van der Waals surface area contributed by atoms with Crippen LogP contribution in [0.15, 0.2) is 30.3 Å². The molecule has 1 unspecified atom stereocenters. The number of benzene rings is 1. The fourth-order valence-electron chi connectivity index (χ4n) is 1.96. The Hall–Kier alpha value is -0.900. The lowest BCUT2D eigenvalue weighted by molar-refractivity contribution is 0.121. The van der Waals surface area contributed by atoms with Crippen molar-refractivity contribution >= 4 is 0 Å². The van der Waals surface area contributed by atoms with Gasteiger partial charge in [0.05, 0.1) is 19.8 Å². The average Bonchev–Trinajstić information content (AvgIpc) is 2.88. The fourth-order valence-corrected chi connectivity index (χ4v) is 1.96. The minimum atomic E-state index is 0.698. The zero-order valence-corrected chi connectivity index (χ0v) is 10.2. The molecule has 1 heterocycles. The summed E-state index contributed by atoms with van der Waals surface area (Å²) in [6.45, 7) is 5.28. The molecule has 0 amide bonds. The molecule has 0 saturated carbocycles. The van der Waals surface area contributed by atoms with Crippen molar-refractivity contribution in [3.05, 3.63) is 35.9 Å². The molecule has 1 aliphatic heterocycles. The fraction of sp³-hybridized carbons (Fsp3) is 0.571. The van der Waals surface area contributed by atoms with Crippen molar-refractivity contribution in [2.24, 2.45) is 5.92 Å². The molecule has 1 N–H and O–H groups in total. The van der Waals surface area contributed by atoms with Crippen molar-refractivity contribution in [1.29, 1.82) is 0 Å². The second kappa shape index (κ2) is 7.43. The van der Waals surface area contributed by atoms with Crippen LogP contribution in [0.5, 0.6) is 0 Å². The highest BCUT2D eigenvalue weighted by molar-refractivity contribution is 5.13. The van der Waals surface area contributed by atoms with E-state index in [9.17, 15) is 0 Å². The Balaban J connectivity index is 1.46. The van der Waals surface area contributed by atoms with E-state index in [1.165, 1.54) is 12.0 Å². The maximum atomic E-state index is 5.59. The van der Waals surface area contributed by atoms with Gasteiger partial charge in [0.2, 0.25) is 0 Å². The Morgan fingerprint density at radius 3 is 2.94 bits per heavy atom. The second-order valence-corrected chi connectivity index (χ2v) is 4.47. The third kappa shape index (κ3) is 4.86. The summed E-state index contributed by atoms with van der Waals surface area (Å²) in [6.07, 6.45) is 1.19. The van der Waals surface area contributed by atoms with E-state index >= 15 is 0 Å². The summed E-state index contributed by atoms with van der Waals surface area (Å²) in [6, 6.07) is 10.3. The van der Waals surface area contributed by atoms with E-state index in [0.29, 0.717) is 12.5 Å². The highest BCUT2D eigenvalue weighted by Gasteiger charge is 2.14. The maximum absolute atomic E-state index is 5.59. The first-order valence-electron chi connectivity index (χ1n) is 6.35. The summed E-state index contributed by atoms with van der Waals surface area (Å²) in [4.78, 5) is 0.